The fourth-order valence-electron chi connectivity index (χ4n) is 3.66. The SMILES string of the molecule is COc1ccccc1CCNc1ncnc2cc(-c3ccc(-c4cc(C)on4)cc3)sc12. The van der Waals surface area contributed by atoms with Crippen molar-refractivity contribution in [2.45, 2.75) is 13.3 Å². The van der Waals surface area contributed by atoms with Crippen LogP contribution in [0.3, 0.4) is 0 Å². The fourth-order valence-corrected chi connectivity index (χ4v) is 4.74. The van der Waals surface area contributed by atoms with Crippen molar-refractivity contribution in [1.29, 1.82) is 0 Å². The zero-order valence-electron chi connectivity index (χ0n) is 17.8. The maximum absolute atomic E-state index is 5.45. The minimum atomic E-state index is 0.755. The first kappa shape index (κ1) is 20.2. The zero-order chi connectivity index (χ0) is 21.9. The monoisotopic (exact) mass is 442 g/mol. The molecule has 32 heavy (non-hydrogen) atoms. The normalized spacial score (nSPS) is 11.1. The highest BCUT2D eigenvalue weighted by molar-refractivity contribution is 7.22. The summed E-state index contributed by atoms with van der Waals surface area (Å²) in [5, 5.41) is 7.56. The van der Waals surface area contributed by atoms with Gasteiger partial charge in [0.1, 0.15) is 29.3 Å². The summed E-state index contributed by atoms with van der Waals surface area (Å²) in [5.74, 6) is 2.57. The number of fused-ring (bicyclic) bond motifs is 1. The van der Waals surface area contributed by atoms with E-state index >= 15 is 0 Å². The molecule has 0 bridgehead atoms. The van der Waals surface area contributed by atoms with Crippen LogP contribution in [-0.2, 0) is 6.42 Å². The lowest BCUT2D eigenvalue weighted by atomic mass is 10.1. The maximum atomic E-state index is 5.45. The largest absolute Gasteiger partial charge is 0.496 e. The summed E-state index contributed by atoms with van der Waals surface area (Å²) >= 11 is 1.69. The molecule has 0 radical (unpaired) electrons. The number of para-hydroxylation sites is 1. The Balaban J connectivity index is 1.35. The number of aromatic nitrogens is 3. The first-order valence-corrected chi connectivity index (χ1v) is 11.2. The Labute approximate surface area is 189 Å². The summed E-state index contributed by atoms with van der Waals surface area (Å²) in [5.41, 5.74) is 5.12. The average molecular weight is 443 g/mol. The molecule has 0 spiro atoms. The molecule has 0 aliphatic carbocycles. The second kappa shape index (κ2) is 8.80. The number of nitrogens with zero attached hydrogens (tertiary/aromatic N) is 3. The van der Waals surface area contributed by atoms with Crippen molar-refractivity contribution in [3.63, 3.8) is 0 Å². The van der Waals surface area contributed by atoms with Gasteiger partial charge in [-0.05, 0) is 36.6 Å². The Bertz CT molecular complexity index is 1360. The molecule has 0 saturated heterocycles. The Morgan fingerprint density at radius 2 is 1.81 bits per heavy atom. The van der Waals surface area contributed by atoms with Crippen molar-refractivity contribution < 1.29 is 9.26 Å². The number of anilines is 1. The van der Waals surface area contributed by atoms with E-state index in [1.165, 1.54) is 5.56 Å². The fraction of sp³-hybridized carbons (Fsp3) is 0.160. The lowest BCUT2D eigenvalue weighted by Crippen LogP contribution is -2.07. The third kappa shape index (κ3) is 4.07. The second-order valence-corrected chi connectivity index (χ2v) is 8.49. The van der Waals surface area contributed by atoms with E-state index in [-0.39, 0.29) is 0 Å². The van der Waals surface area contributed by atoms with Crippen molar-refractivity contribution in [2.75, 3.05) is 19.0 Å². The molecule has 0 saturated carbocycles. The van der Waals surface area contributed by atoms with Gasteiger partial charge in [-0.1, -0.05) is 47.6 Å². The van der Waals surface area contributed by atoms with E-state index in [0.29, 0.717) is 0 Å². The Kier molecular flexibility index (Phi) is 5.56. The van der Waals surface area contributed by atoms with Gasteiger partial charge in [0, 0.05) is 23.1 Å². The third-order valence-corrected chi connectivity index (χ3v) is 6.46. The van der Waals surface area contributed by atoms with E-state index in [9.17, 15) is 0 Å². The van der Waals surface area contributed by atoms with Gasteiger partial charge >= 0.3 is 0 Å². The number of methoxy groups -OCH3 is 1. The predicted molar refractivity (Wildman–Crippen MR) is 128 cm³/mol. The minimum absolute atomic E-state index is 0.755. The molecule has 1 N–H and O–H groups in total. The first-order chi connectivity index (χ1) is 15.7. The molecule has 5 rings (SSSR count). The highest BCUT2D eigenvalue weighted by Gasteiger charge is 2.11. The van der Waals surface area contributed by atoms with Crippen LogP contribution in [0.5, 0.6) is 5.75 Å². The number of aryl methyl sites for hydroxylation is 1. The number of benzene rings is 2. The van der Waals surface area contributed by atoms with Crippen LogP contribution in [-0.4, -0.2) is 28.8 Å². The predicted octanol–water partition coefficient (Wildman–Crippen LogP) is 5.98. The summed E-state index contributed by atoms with van der Waals surface area (Å²) in [7, 11) is 1.70. The summed E-state index contributed by atoms with van der Waals surface area (Å²) < 4.78 is 11.7. The van der Waals surface area contributed by atoms with E-state index < -0.39 is 0 Å². The van der Waals surface area contributed by atoms with Gasteiger partial charge in [-0.3, -0.25) is 0 Å². The summed E-state index contributed by atoms with van der Waals surface area (Å²) in [6.07, 6.45) is 2.46. The van der Waals surface area contributed by atoms with Gasteiger partial charge in [0.25, 0.3) is 0 Å². The highest BCUT2D eigenvalue weighted by Crippen LogP contribution is 2.36. The Morgan fingerprint density at radius 3 is 2.59 bits per heavy atom. The van der Waals surface area contributed by atoms with E-state index in [2.05, 4.69) is 56.8 Å². The van der Waals surface area contributed by atoms with Crippen molar-refractivity contribution in [3.8, 4) is 27.4 Å². The molecule has 6 nitrogen and oxygen atoms in total. The lowest BCUT2D eigenvalue weighted by Gasteiger charge is -2.09. The first-order valence-electron chi connectivity index (χ1n) is 10.4. The summed E-state index contributed by atoms with van der Waals surface area (Å²) in [4.78, 5) is 10.1. The molecule has 0 atom stereocenters. The van der Waals surface area contributed by atoms with Gasteiger partial charge in [0.15, 0.2) is 0 Å². The van der Waals surface area contributed by atoms with E-state index in [1.54, 1.807) is 24.8 Å². The minimum Gasteiger partial charge on any atom is -0.496 e. The van der Waals surface area contributed by atoms with E-state index in [4.69, 9.17) is 9.26 Å². The number of nitrogens with one attached hydrogen (secondary N) is 1. The molecule has 0 aliphatic heterocycles. The van der Waals surface area contributed by atoms with Gasteiger partial charge in [-0.15, -0.1) is 11.3 Å². The topological polar surface area (TPSA) is 73.1 Å². The van der Waals surface area contributed by atoms with Gasteiger partial charge < -0.3 is 14.6 Å². The quantitative estimate of drug-likeness (QED) is 0.334. The van der Waals surface area contributed by atoms with Crippen LogP contribution in [0.1, 0.15) is 11.3 Å². The number of thiophene rings is 1. The van der Waals surface area contributed by atoms with Crippen molar-refractivity contribution in [3.05, 3.63) is 78.3 Å². The third-order valence-electron chi connectivity index (χ3n) is 5.28. The molecule has 0 unspecified atom stereocenters. The van der Waals surface area contributed by atoms with Crippen LogP contribution in [0.4, 0.5) is 5.82 Å². The maximum Gasteiger partial charge on any atom is 0.147 e. The van der Waals surface area contributed by atoms with Crippen LogP contribution >= 0.6 is 11.3 Å². The molecule has 0 fully saturated rings. The molecule has 0 aliphatic rings. The number of hydrogen-bond donors (Lipinski definition) is 1. The molecular formula is C25H22N4O2S. The van der Waals surface area contributed by atoms with Gasteiger partial charge in [-0.2, -0.15) is 0 Å². The van der Waals surface area contributed by atoms with Gasteiger partial charge in [0.2, 0.25) is 0 Å². The average Bonchev–Trinajstić information content (AvgIpc) is 3.46. The molecular weight excluding hydrogens is 420 g/mol. The van der Waals surface area contributed by atoms with Crippen molar-refractivity contribution >= 4 is 27.4 Å². The van der Waals surface area contributed by atoms with Crippen molar-refractivity contribution in [1.82, 2.24) is 15.1 Å². The Hall–Kier alpha value is -3.71. The van der Waals surface area contributed by atoms with Crippen LogP contribution in [0, 0.1) is 6.92 Å². The van der Waals surface area contributed by atoms with E-state index in [0.717, 1.165) is 62.2 Å². The standard InChI is InChI=1S/C25H22N4O2S/c1-16-13-20(29-31-16)17-7-9-19(10-8-17)23-14-21-24(32-23)25(28-15-27-21)26-12-11-18-5-3-4-6-22(18)30-2/h3-10,13-15H,11-12H2,1-2H3,(H,26,27,28). The molecule has 3 aromatic heterocycles. The van der Waals surface area contributed by atoms with E-state index in [1.807, 2.05) is 31.2 Å². The summed E-state index contributed by atoms with van der Waals surface area (Å²) in [6.45, 7) is 2.65. The molecule has 0 amide bonds. The van der Waals surface area contributed by atoms with Crippen LogP contribution in [0.2, 0.25) is 0 Å². The van der Waals surface area contributed by atoms with Crippen LogP contribution < -0.4 is 10.1 Å². The van der Waals surface area contributed by atoms with Crippen molar-refractivity contribution in [2.24, 2.45) is 0 Å². The number of rotatable bonds is 7. The smallest absolute Gasteiger partial charge is 0.147 e. The number of ether oxygens (including phenoxy) is 1. The Morgan fingerprint density at radius 1 is 1.00 bits per heavy atom. The van der Waals surface area contributed by atoms with Gasteiger partial charge in [0.05, 0.1) is 17.3 Å². The van der Waals surface area contributed by atoms with Crippen LogP contribution in [0.25, 0.3) is 31.9 Å². The lowest BCUT2D eigenvalue weighted by molar-refractivity contribution is 0.399. The molecule has 5 aromatic rings. The number of hydrogen-bond acceptors (Lipinski definition) is 7. The second-order valence-electron chi connectivity index (χ2n) is 7.44. The molecule has 2 aromatic carbocycles. The zero-order valence-corrected chi connectivity index (χ0v) is 18.6. The molecule has 3 heterocycles. The van der Waals surface area contributed by atoms with Crippen LogP contribution in [0.15, 0.2) is 71.5 Å². The van der Waals surface area contributed by atoms with Gasteiger partial charge in [-0.25, -0.2) is 9.97 Å². The molecule has 7 heteroatoms. The highest BCUT2D eigenvalue weighted by atomic mass is 32.1. The molecule has 160 valence electrons. The summed E-state index contributed by atoms with van der Waals surface area (Å²) in [6, 6.07) is 20.5.